The summed E-state index contributed by atoms with van der Waals surface area (Å²) in [5.41, 5.74) is 0. The lowest BCUT2D eigenvalue weighted by molar-refractivity contribution is -0.141. The number of carboxylic acids is 1. The average Bonchev–Trinajstić information content (AvgIpc) is 2.81. The van der Waals surface area contributed by atoms with Crippen molar-refractivity contribution in [3.05, 3.63) is 24.2 Å². The Morgan fingerprint density at radius 3 is 3.00 bits per heavy atom. The van der Waals surface area contributed by atoms with Crippen LogP contribution in [0.15, 0.2) is 22.8 Å². The van der Waals surface area contributed by atoms with Crippen molar-refractivity contribution < 1.29 is 19.1 Å². The van der Waals surface area contributed by atoms with Crippen molar-refractivity contribution in [3.63, 3.8) is 0 Å². The van der Waals surface area contributed by atoms with E-state index in [-0.39, 0.29) is 19.1 Å². The number of carboxylic acid groups (broad SMARTS) is 1. The lowest BCUT2D eigenvalue weighted by Crippen LogP contribution is -2.38. The standard InChI is InChI=1S/C10H12N2O4/c1-11-6-8(9(13)14)12(10(11)15)5-7-3-2-4-16-7/h2-4,8H,5-6H2,1H3,(H,13,14). The Balaban J connectivity index is 2.16. The van der Waals surface area contributed by atoms with Crippen molar-refractivity contribution >= 4 is 12.0 Å². The van der Waals surface area contributed by atoms with Crippen molar-refractivity contribution in [1.29, 1.82) is 0 Å². The van der Waals surface area contributed by atoms with Gasteiger partial charge in [-0.2, -0.15) is 0 Å². The average molecular weight is 224 g/mol. The molecule has 0 saturated carbocycles. The number of hydrogen-bond acceptors (Lipinski definition) is 3. The molecule has 2 amide bonds. The summed E-state index contributed by atoms with van der Waals surface area (Å²) in [7, 11) is 1.58. The number of urea groups is 1. The maximum atomic E-state index is 11.7. The van der Waals surface area contributed by atoms with Crippen molar-refractivity contribution in [2.45, 2.75) is 12.6 Å². The highest BCUT2D eigenvalue weighted by Crippen LogP contribution is 2.18. The number of furan rings is 1. The van der Waals surface area contributed by atoms with Crippen LogP contribution in [0.2, 0.25) is 0 Å². The third-order valence-electron chi connectivity index (χ3n) is 2.59. The van der Waals surface area contributed by atoms with E-state index in [9.17, 15) is 9.59 Å². The second kappa shape index (κ2) is 3.88. The minimum absolute atomic E-state index is 0.188. The molecule has 1 unspecified atom stereocenters. The molecule has 16 heavy (non-hydrogen) atoms. The van der Waals surface area contributed by atoms with E-state index in [0.29, 0.717) is 5.76 Å². The normalized spacial score (nSPS) is 20.6. The van der Waals surface area contributed by atoms with Gasteiger partial charge in [0, 0.05) is 7.05 Å². The number of carbonyl (C=O) groups is 2. The highest BCUT2D eigenvalue weighted by Gasteiger charge is 2.39. The van der Waals surface area contributed by atoms with Crippen molar-refractivity contribution in [3.8, 4) is 0 Å². The largest absolute Gasteiger partial charge is 0.480 e. The highest BCUT2D eigenvalue weighted by atomic mass is 16.4. The molecule has 86 valence electrons. The number of amides is 2. The fourth-order valence-electron chi connectivity index (χ4n) is 1.75. The first-order chi connectivity index (χ1) is 7.59. The van der Waals surface area contributed by atoms with E-state index in [0.717, 1.165) is 0 Å². The van der Waals surface area contributed by atoms with E-state index in [1.54, 1.807) is 19.2 Å². The zero-order valence-corrected chi connectivity index (χ0v) is 8.79. The molecule has 1 aromatic rings. The second-order valence-corrected chi connectivity index (χ2v) is 3.72. The number of rotatable bonds is 3. The van der Waals surface area contributed by atoms with E-state index in [1.807, 2.05) is 0 Å². The van der Waals surface area contributed by atoms with Crippen molar-refractivity contribution in [2.24, 2.45) is 0 Å². The van der Waals surface area contributed by atoms with Gasteiger partial charge in [-0.3, -0.25) is 0 Å². The molecule has 0 radical (unpaired) electrons. The fourth-order valence-corrected chi connectivity index (χ4v) is 1.75. The molecule has 6 heteroatoms. The molecule has 0 spiro atoms. The fraction of sp³-hybridized carbons (Fsp3) is 0.400. The van der Waals surface area contributed by atoms with Crippen molar-refractivity contribution in [2.75, 3.05) is 13.6 Å². The number of hydrogen-bond donors (Lipinski definition) is 1. The first kappa shape index (κ1) is 10.5. The summed E-state index contributed by atoms with van der Waals surface area (Å²) in [6.45, 7) is 0.391. The summed E-state index contributed by atoms with van der Waals surface area (Å²) in [6.07, 6.45) is 1.50. The van der Waals surface area contributed by atoms with Crippen LogP contribution in [0.1, 0.15) is 5.76 Å². The zero-order chi connectivity index (χ0) is 11.7. The van der Waals surface area contributed by atoms with E-state index in [2.05, 4.69) is 0 Å². The highest BCUT2D eigenvalue weighted by molar-refractivity contribution is 5.86. The van der Waals surface area contributed by atoms with Crippen molar-refractivity contribution in [1.82, 2.24) is 9.80 Å². The van der Waals surface area contributed by atoms with Gasteiger partial charge in [0.15, 0.2) is 0 Å². The van der Waals surface area contributed by atoms with Crippen LogP contribution >= 0.6 is 0 Å². The molecule has 1 aromatic heterocycles. The van der Waals surface area contributed by atoms with Gasteiger partial charge in [0.1, 0.15) is 11.8 Å². The van der Waals surface area contributed by atoms with E-state index < -0.39 is 12.0 Å². The maximum absolute atomic E-state index is 11.7. The first-order valence-corrected chi connectivity index (χ1v) is 4.86. The minimum atomic E-state index is -0.996. The van der Waals surface area contributed by atoms with Gasteiger partial charge in [-0.1, -0.05) is 0 Å². The Morgan fingerprint density at radius 2 is 2.44 bits per heavy atom. The molecule has 2 rings (SSSR count). The van der Waals surface area contributed by atoms with Crippen LogP contribution in [-0.2, 0) is 11.3 Å². The Kier molecular flexibility index (Phi) is 2.55. The molecular weight excluding hydrogens is 212 g/mol. The molecule has 0 aromatic carbocycles. The van der Waals surface area contributed by atoms with Gasteiger partial charge >= 0.3 is 12.0 Å². The predicted octanol–water partition coefficient (Wildman–Crippen LogP) is 0.600. The predicted molar refractivity (Wildman–Crippen MR) is 53.7 cm³/mol. The molecule has 1 saturated heterocycles. The third kappa shape index (κ3) is 1.73. The van der Waals surface area contributed by atoms with E-state index >= 15 is 0 Å². The number of likely N-dealkylation sites (N-methyl/N-ethyl adjacent to an activating group) is 1. The molecule has 0 aliphatic carbocycles. The van der Waals surface area contributed by atoms with Gasteiger partial charge in [0.2, 0.25) is 0 Å². The summed E-state index contributed by atoms with van der Waals surface area (Å²) in [5, 5.41) is 9.00. The van der Waals surface area contributed by atoms with Gasteiger partial charge in [0.25, 0.3) is 0 Å². The monoisotopic (exact) mass is 224 g/mol. The zero-order valence-electron chi connectivity index (χ0n) is 8.79. The van der Waals surface area contributed by atoms with Crippen LogP contribution in [0.4, 0.5) is 4.79 Å². The van der Waals surface area contributed by atoms with Crippen LogP contribution in [0.5, 0.6) is 0 Å². The lowest BCUT2D eigenvalue weighted by atomic mass is 10.2. The Hall–Kier alpha value is -1.98. The second-order valence-electron chi connectivity index (χ2n) is 3.72. The third-order valence-corrected chi connectivity index (χ3v) is 2.59. The topological polar surface area (TPSA) is 74.0 Å². The lowest BCUT2D eigenvalue weighted by Gasteiger charge is -2.18. The first-order valence-electron chi connectivity index (χ1n) is 4.86. The van der Waals surface area contributed by atoms with Crippen LogP contribution < -0.4 is 0 Å². The smallest absolute Gasteiger partial charge is 0.328 e. The summed E-state index contributed by atoms with van der Waals surface area (Å²) >= 11 is 0. The maximum Gasteiger partial charge on any atom is 0.328 e. The molecule has 0 bridgehead atoms. The summed E-state index contributed by atoms with van der Waals surface area (Å²) < 4.78 is 5.10. The van der Waals surface area contributed by atoms with Crippen LogP contribution in [-0.4, -0.2) is 46.5 Å². The van der Waals surface area contributed by atoms with Gasteiger partial charge in [-0.05, 0) is 12.1 Å². The number of carbonyl (C=O) groups excluding carboxylic acids is 1. The number of aliphatic carboxylic acids is 1. The van der Waals surface area contributed by atoms with Gasteiger partial charge in [-0.25, -0.2) is 9.59 Å². The summed E-state index contributed by atoms with van der Waals surface area (Å²) in [4.78, 5) is 25.4. The Labute approximate surface area is 92.0 Å². The molecular formula is C10H12N2O4. The van der Waals surface area contributed by atoms with Gasteiger partial charge in [0.05, 0.1) is 19.4 Å². The minimum Gasteiger partial charge on any atom is -0.480 e. The SMILES string of the molecule is CN1CC(C(=O)O)N(Cc2ccco2)C1=O. The summed E-state index contributed by atoms with van der Waals surface area (Å²) in [6, 6.07) is 2.33. The van der Waals surface area contributed by atoms with Gasteiger partial charge in [-0.15, -0.1) is 0 Å². The Bertz CT molecular complexity index is 401. The summed E-state index contributed by atoms with van der Waals surface area (Å²) in [5.74, 6) is -0.417. The van der Waals surface area contributed by atoms with Crippen LogP contribution in [0, 0.1) is 0 Å². The van der Waals surface area contributed by atoms with Crippen LogP contribution in [0.3, 0.4) is 0 Å². The molecule has 1 aliphatic heterocycles. The van der Waals surface area contributed by atoms with E-state index in [4.69, 9.17) is 9.52 Å². The van der Waals surface area contributed by atoms with Gasteiger partial charge < -0.3 is 19.3 Å². The quantitative estimate of drug-likeness (QED) is 0.815. The molecule has 1 aliphatic rings. The van der Waals surface area contributed by atoms with E-state index in [1.165, 1.54) is 16.1 Å². The molecule has 6 nitrogen and oxygen atoms in total. The molecule has 1 fully saturated rings. The molecule has 1 atom stereocenters. The molecule has 2 heterocycles. The Morgan fingerprint density at radius 1 is 1.69 bits per heavy atom. The number of nitrogens with zero attached hydrogens (tertiary/aromatic N) is 2. The van der Waals surface area contributed by atoms with Crippen LogP contribution in [0.25, 0.3) is 0 Å². The molecule has 1 N–H and O–H groups in total.